The van der Waals surface area contributed by atoms with Crippen LogP contribution in [0.15, 0.2) is 33.4 Å². The van der Waals surface area contributed by atoms with E-state index in [0.29, 0.717) is 0 Å². The quantitative estimate of drug-likeness (QED) is 0.866. The highest BCUT2D eigenvalue weighted by Crippen LogP contribution is 2.31. The molecule has 2 aromatic rings. The molecule has 1 unspecified atom stereocenters. The predicted molar refractivity (Wildman–Crippen MR) is 74.2 cm³/mol. The molecule has 1 nitrogen and oxygen atoms in total. The second-order valence-corrected chi connectivity index (χ2v) is 5.67. The molecule has 1 heterocycles. The molecule has 0 aliphatic rings. The molecule has 0 spiro atoms. The SMILES string of the molecule is Cc1ccc(C(N)c2cscc2Br)cc1Cl. The number of benzene rings is 1. The average Bonchev–Trinajstić information content (AvgIpc) is 2.67. The lowest BCUT2D eigenvalue weighted by Crippen LogP contribution is -2.11. The third-order valence-electron chi connectivity index (χ3n) is 2.53. The fraction of sp³-hybridized carbons (Fsp3) is 0.167. The minimum Gasteiger partial charge on any atom is -0.320 e. The van der Waals surface area contributed by atoms with Crippen LogP contribution in [0.1, 0.15) is 22.7 Å². The van der Waals surface area contributed by atoms with Gasteiger partial charge in [0.1, 0.15) is 0 Å². The number of hydrogen-bond acceptors (Lipinski definition) is 2. The van der Waals surface area contributed by atoms with Gasteiger partial charge >= 0.3 is 0 Å². The molecule has 2 N–H and O–H groups in total. The molecule has 0 saturated carbocycles. The van der Waals surface area contributed by atoms with Crippen molar-refractivity contribution in [3.8, 4) is 0 Å². The Bertz CT molecular complexity index is 509. The summed E-state index contributed by atoms with van der Waals surface area (Å²) in [5, 5.41) is 4.85. The van der Waals surface area contributed by atoms with Gasteiger partial charge in [0.25, 0.3) is 0 Å². The molecule has 0 aliphatic heterocycles. The highest BCUT2D eigenvalue weighted by molar-refractivity contribution is 9.10. The highest BCUT2D eigenvalue weighted by Gasteiger charge is 2.13. The van der Waals surface area contributed by atoms with Crippen molar-refractivity contribution in [2.24, 2.45) is 5.73 Å². The zero-order chi connectivity index (χ0) is 11.7. The largest absolute Gasteiger partial charge is 0.320 e. The van der Waals surface area contributed by atoms with Crippen LogP contribution in [0.5, 0.6) is 0 Å². The molecule has 4 heteroatoms. The Kier molecular flexibility index (Phi) is 3.70. The molecule has 0 amide bonds. The number of aryl methyl sites for hydroxylation is 1. The number of thiophene rings is 1. The second kappa shape index (κ2) is 4.88. The first-order valence-corrected chi connectivity index (χ1v) is 6.94. The summed E-state index contributed by atoms with van der Waals surface area (Å²) in [4.78, 5) is 0. The predicted octanol–water partition coefficient (Wildman–Crippen LogP) is 4.52. The molecule has 0 aliphatic carbocycles. The van der Waals surface area contributed by atoms with Crippen LogP contribution >= 0.6 is 38.9 Å². The van der Waals surface area contributed by atoms with Gasteiger partial charge in [0.15, 0.2) is 0 Å². The second-order valence-electron chi connectivity index (χ2n) is 3.66. The van der Waals surface area contributed by atoms with Gasteiger partial charge in [-0.2, -0.15) is 11.3 Å². The Morgan fingerprint density at radius 3 is 2.69 bits per heavy atom. The maximum Gasteiger partial charge on any atom is 0.0571 e. The van der Waals surface area contributed by atoms with E-state index in [9.17, 15) is 0 Å². The van der Waals surface area contributed by atoms with Crippen molar-refractivity contribution in [3.63, 3.8) is 0 Å². The first-order valence-electron chi connectivity index (χ1n) is 4.83. The summed E-state index contributed by atoms with van der Waals surface area (Å²) >= 11 is 11.2. The standard InChI is InChI=1S/C12H11BrClNS/c1-7-2-3-8(4-11(7)14)12(15)9-5-16-6-10(9)13/h2-6,12H,15H2,1H3. The van der Waals surface area contributed by atoms with E-state index in [2.05, 4.69) is 21.3 Å². The lowest BCUT2D eigenvalue weighted by atomic mass is 10.0. The van der Waals surface area contributed by atoms with E-state index >= 15 is 0 Å². The molecule has 1 aromatic carbocycles. The number of nitrogens with two attached hydrogens (primary N) is 1. The zero-order valence-electron chi connectivity index (χ0n) is 8.71. The molecule has 0 saturated heterocycles. The van der Waals surface area contributed by atoms with Crippen molar-refractivity contribution in [3.05, 3.63) is 55.1 Å². The summed E-state index contributed by atoms with van der Waals surface area (Å²) in [6.07, 6.45) is 0. The monoisotopic (exact) mass is 315 g/mol. The Labute approximate surface area is 112 Å². The Hall–Kier alpha value is -0.350. The van der Waals surface area contributed by atoms with E-state index in [1.165, 1.54) is 0 Å². The average molecular weight is 317 g/mol. The molecule has 0 bridgehead atoms. The first-order chi connectivity index (χ1) is 7.59. The molecule has 16 heavy (non-hydrogen) atoms. The van der Waals surface area contributed by atoms with Gasteiger partial charge in [0.05, 0.1) is 6.04 Å². The molecule has 1 aromatic heterocycles. The van der Waals surface area contributed by atoms with Crippen molar-refractivity contribution in [1.82, 2.24) is 0 Å². The van der Waals surface area contributed by atoms with E-state index in [0.717, 1.165) is 26.2 Å². The maximum absolute atomic E-state index is 6.20. The zero-order valence-corrected chi connectivity index (χ0v) is 11.9. The lowest BCUT2D eigenvalue weighted by molar-refractivity contribution is 0.871. The number of halogens is 2. The minimum atomic E-state index is -0.126. The molecule has 84 valence electrons. The van der Waals surface area contributed by atoms with E-state index in [1.54, 1.807) is 11.3 Å². The molecular weight excluding hydrogens is 306 g/mol. The fourth-order valence-corrected chi connectivity index (χ4v) is 3.26. The topological polar surface area (TPSA) is 26.0 Å². The van der Waals surface area contributed by atoms with E-state index in [-0.39, 0.29) is 6.04 Å². The van der Waals surface area contributed by atoms with Crippen LogP contribution < -0.4 is 5.73 Å². The van der Waals surface area contributed by atoms with Crippen LogP contribution in [0, 0.1) is 6.92 Å². The minimum absolute atomic E-state index is 0.126. The van der Waals surface area contributed by atoms with Crippen LogP contribution in [0.4, 0.5) is 0 Å². The van der Waals surface area contributed by atoms with E-state index in [4.69, 9.17) is 17.3 Å². The molecule has 2 rings (SSSR count). The fourth-order valence-electron chi connectivity index (χ4n) is 1.50. The molecule has 0 radical (unpaired) electrons. The molecular formula is C12H11BrClNS. The van der Waals surface area contributed by atoms with Crippen molar-refractivity contribution in [1.29, 1.82) is 0 Å². The smallest absolute Gasteiger partial charge is 0.0571 e. The van der Waals surface area contributed by atoms with Gasteiger partial charge in [-0.15, -0.1) is 0 Å². The molecule has 1 atom stereocenters. The van der Waals surface area contributed by atoms with Gasteiger partial charge < -0.3 is 5.73 Å². The van der Waals surface area contributed by atoms with Crippen LogP contribution in [0.3, 0.4) is 0 Å². The summed E-state index contributed by atoms with van der Waals surface area (Å²) < 4.78 is 1.06. The van der Waals surface area contributed by atoms with Crippen molar-refractivity contribution in [2.75, 3.05) is 0 Å². The summed E-state index contributed by atoms with van der Waals surface area (Å²) in [6.45, 7) is 1.98. The van der Waals surface area contributed by atoms with E-state index < -0.39 is 0 Å². The summed E-state index contributed by atoms with van der Waals surface area (Å²) in [5.41, 5.74) is 9.41. The Morgan fingerprint density at radius 2 is 2.12 bits per heavy atom. The maximum atomic E-state index is 6.20. The number of rotatable bonds is 2. The summed E-state index contributed by atoms with van der Waals surface area (Å²) in [6, 6.07) is 5.83. The Morgan fingerprint density at radius 1 is 1.38 bits per heavy atom. The molecule has 0 fully saturated rings. The van der Waals surface area contributed by atoms with Crippen molar-refractivity contribution in [2.45, 2.75) is 13.0 Å². The van der Waals surface area contributed by atoms with Gasteiger partial charge in [-0.05, 0) is 51.0 Å². The number of hydrogen-bond donors (Lipinski definition) is 1. The summed E-state index contributed by atoms with van der Waals surface area (Å²) in [5.74, 6) is 0. The van der Waals surface area contributed by atoms with Crippen molar-refractivity contribution >= 4 is 38.9 Å². The third-order valence-corrected chi connectivity index (χ3v) is 4.69. The van der Waals surface area contributed by atoms with Gasteiger partial charge in [0, 0.05) is 14.9 Å². The van der Waals surface area contributed by atoms with Crippen LogP contribution in [0.2, 0.25) is 5.02 Å². The van der Waals surface area contributed by atoms with Gasteiger partial charge in [-0.25, -0.2) is 0 Å². The normalized spacial score (nSPS) is 12.8. The Balaban J connectivity index is 2.38. The van der Waals surface area contributed by atoms with Gasteiger partial charge in [-0.3, -0.25) is 0 Å². The van der Waals surface area contributed by atoms with Crippen LogP contribution in [-0.2, 0) is 0 Å². The van der Waals surface area contributed by atoms with Gasteiger partial charge in [-0.1, -0.05) is 23.7 Å². The third kappa shape index (κ3) is 2.33. The first kappa shape index (κ1) is 12.1. The van der Waals surface area contributed by atoms with E-state index in [1.807, 2.05) is 30.5 Å². The highest BCUT2D eigenvalue weighted by atomic mass is 79.9. The van der Waals surface area contributed by atoms with Crippen LogP contribution in [-0.4, -0.2) is 0 Å². The lowest BCUT2D eigenvalue weighted by Gasteiger charge is -2.12. The van der Waals surface area contributed by atoms with Gasteiger partial charge in [0.2, 0.25) is 0 Å². The van der Waals surface area contributed by atoms with Crippen molar-refractivity contribution < 1.29 is 0 Å². The summed E-state index contributed by atoms with van der Waals surface area (Å²) in [7, 11) is 0. The van der Waals surface area contributed by atoms with Crippen LogP contribution in [0.25, 0.3) is 0 Å².